The first-order chi connectivity index (χ1) is 18.0. The fraction of sp³-hybridized carbons (Fsp3) is 0.241. The van der Waals surface area contributed by atoms with E-state index < -0.39 is 0 Å². The number of amides is 1. The third-order valence-corrected chi connectivity index (χ3v) is 7.45. The molecule has 1 heterocycles. The van der Waals surface area contributed by atoms with Crippen LogP contribution in [-0.4, -0.2) is 41.4 Å². The summed E-state index contributed by atoms with van der Waals surface area (Å²) in [4.78, 5) is 17.7. The molecule has 0 atom stereocenters. The van der Waals surface area contributed by atoms with Crippen molar-refractivity contribution >= 4 is 70.0 Å². The van der Waals surface area contributed by atoms with Gasteiger partial charge >= 0.3 is 0 Å². The van der Waals surface area contributed by atoms with E-state index in [-0.39, 0.29) is 18.3 Å². The summed E-state index contributed by atoms with van der Waals surface area (Å²) in [6, 6.07) is 22.2. The summed E-state index contributed by atoms with van der Waals surface area (Å²) in [7, 11) is 0. The van der Waals surface area contributed by atoms with Gasteiger partial charge in [0.25, 0.3) is 5.91 Å². The molecule has 9 heteroatoms. The van der Waals surface area contributed by atoms with Crippen molar-refractivity contribution in [3.05, 3.63) is 88.3 Å². The molecule has 1 saturated heterocycles. The molecule has 1 amide bonds. The lowest BCUT2D eigenvalue weighted by molar-refractivity contribution is -0.113. The SMILES string of the molecule is CCN(CC)CCCOc1ccc(C=C2SC(=S)N(c3ccc(Oc4ccc(Cl)cc4)cc3)C2=O)cc1.Cl. The summed E-state index contributed by atoms with van der Waals surface area (Å²) in [5.74, 6) is 2.02. The third kappa shape index (κ3) is 7.98. The Morgan fingerprint density at radius 2 is 1.50 bits per heavy atom. The van der Waals surface area contributed by atoms with Crippen LogP contribution in [0.25, 0.3) is 6.08 Å². The zero-order valence-electron chi connectivity index (χ0n) is 21.3. The minimum absolute atomic E-state index is 0. The third-order valence-electron chi connectivity index (χ3n) is 5.90. The monoisotopic (exact) mass is 588 g/mol. The number of anilines is 1. The molecule has 38 heavy (non-hydrogen) atoms. The van der Waals surface area contributed by atoms with Gasteiger partial charge in [0.1, 0.15) is 17.2 Å². The van der Waals surface area contributed by atoms with Crippen molar-refractivity contribution in [3.63, 3.8) is 0 Å². The van der Waals surface area contributed by atoms with Crippen molar-refractivity contribution in [1.29, 1.82) is 0 Å². The molecule has 0 aliphatic carbocycles. The van der Waals surface area contributed by atoms with Crippen LogP contribution in [0.3, 0.4) is 0 Å². The van der Waals surface area contributed by atoms with E-state index in [1.54, 1.807) is 29.2 Å². The van der Waals surface area contributed by atoms with Crippen molar-refractivity contribution < 1.29 is 14.3 Å². The summed E-state index contributed by atoms with van der Waals surface area (Å²) in [6.07, 6.45) is 2.85. The van der Waals surface area contributed by atoms with Crippen LogP contribution in [0.1, 0.15) is 25.8 Å². The Bertz CT molecular complexity index is 1250. The zero-order chi connectivity index (χ0) is 26.2. The van der Waals surface area contributed by atoms with Crippen LogP contribution in [-0.2, 0) is 4.79 Å². The molecular weight excluding hydrogens is 559 g/mol. The van der Waals surface area contributed by atoms with Crippen LogP contribution in [0.4, 0.5) is 5.69 Å². The standard InChI is InChI=1S/C29H29ClN2O3S2.ClH/c1-3-31(4-2)18-5-19-34-24-12-6-21(7-13-24)20-27-28(33)32(29(36)37-27)23-10-16-26(17-11-23)35-25-14-8-22(30)9-15-25;/h6-17,20H,3-5,18-19H2,1-2H3;1H. The van der Waals surface area contributed by atoms with E-state index in [9.17, 15) is 4.79 Å². The fourth-order valence-electron chi connectivity index (χ4n) is 3.82. The van der Waals surface area contributed by atoms with Crippen LogP contribution in [0, 0.1) is 0 Å². The van der Waals surface area contributed by atoms with E-state index in [4.69, 9.17) is 33.3 Å². The van der Waals surface area contributed by atoms with Gasteiger partial charge in [-0.25, -0.2) is 0 Å². The number of carbonyl (C=O) groups excluding carboxylic acids is 1. The second-order valence-corrected chi connectivity index (χ2v) is 10.5. The average Bonchev–Trinajstić information content (AvgIpc) is 3.19. The van der Waals surface area contributed by atoms with Crippen molar-refractivity contribution in [1.82, 2.24) is 4.90 Å². The van der Waals surface area contributed by atoms with Crippen molar-refractivity contribution in [2.75, 3.05) is 31.1 Å². The number of nitrogens with zero attached hydrogens (tertiary/aromatic N) is 2. The molecular formula is C29H30Cl2N2O3S2. The quantitative estimate of drug-likeness (QED) is 0.128. The number of rotatable bonds is 11. The molecule has 0 N–H and O–H groups in total. The highest BCUT2D eigenvalue weighted by Crippen LogP contribution is 2.37. The lowest BCUT2D eigenvalue weighted by Gasteiger charge is -2.17. The van der Waals surface area contributed by atoms with E-state index in [0.29, 0.717) is 38.0 Å². The highest BCUT2D eigenvalue weighted by atomic mass is 35.5. The van der Waals surface area contributed by atoms with Gasteiger partial charge in [0.2, 0.25) is 0 Å². The molecule has 0 radical (unpaired) electrons. The number of halogens is 2. The van der Waals surface area contributed by atoms with Gasteiger partial charge in [0.15, 0.2) is 4.32 Å². The summed E-state index contributed by atoms with van der Waals surface area (Å²) in [5.41, 5.74) is 1.62. The number of ether oxygens (including phenoxy) is 2. The predicted octanol–water partition coefficient (Wildman–Crippen LogP) is 8.07. The Morgan fingerprint density at radius 1 is 0.921 bits per heavy atom. The Kier molecular flexibility index (Phi) is 11.5. The maximum absolute atomic E-state index is 13.2. The topological polar surface area (TPSA) is 42.0 Å². The second kappa shape index (κ2) is 14.6. The molecule has 0 saturated carbocycles. The second-order valence-electron chi connectivity index (χ2n) is 8.36. The molecule has 1 fully saturated rings. The zero-order valence-corrected chi connectivity index (χ0v) is 24.5. The Balaban J connectivity index is 0.00000400. The first-order valence-corrected chi connectivity index (χ1v) is 13.8. The van der Waals surface area contributed by atoms with E-state index in [2.05, 4.69) is 18.7 Å². The number of carbonyl (C=O) groups is 1. The number of benzene rings is 3. The Labute approximate surface area is 245 Å². The molecule has 5 nitrogen and oxygen atoms in total. The van der Waals surface area contributed by atoms with Gasteiger partial charge in [-0.3, -0.25) is 9.69 Å². The molecule has 0 unspecified atom stereocenters. The molecule has 0 bridgehead atoms. The maximum Gasteiger partial charge on any atom is 0.270 e. The molecule has 4 rings (SSSR count). The van der Waals surface area contributed by atoms with Gasteiger partial charge in [-0.2, -0.15) is 0 Å². The lowest BCUT2D eigenvalue weighted by Crippen LogP contribution is -2.27. The van der Waals surface area contributed by atoms with Crippen molar-refractivity contribution in [2.45, 2.75) is 20.3 Å². The molecule has 3 aromatic carbocycles. The fourth-order valence-corrected chi connectivity index (χ4v) is 5.25. The van der Waals surface area contributed by atoms with Crippen LogP contribution < -0.4 is 14.4 Å². The summed E-state index contributed by atoms with van der Waals surface area (Å²) in [6.45, 7) is 8.17. The van der Waals surface area contributed by atoms with Gasteiger partial charge in [-0.15, -0.1) is 12.4 Å². The average molecular weight is 590 g/mol. The maximum atomic E-state index is 13.2. The van der Waals surface area contributed by atoms with Crippen molar-refractivity contribution in [2.24, 2.45) is 0 Å². The van der Waals surface area contributed by atoms with Crippen LogP contribution in [0.15, 0.2) is 77.7 Å². The Hall–Kier alpha value is -2.55. The van der Waals surface area contributed by atoms with E-state index >= 15 is 0 Å². The van der Waals surface area contributed by atoms with Gasteiger partial charge in [-0.05, 0) is 91.8 Å². The number of hydrogen-bond acceptors (Lipinski definition) is 6. The minimum Gasteiger partial charge on any atom is -0.494 e. The normalized spacial score (nSPS) is 14.2. The van der Waals surface area contributed by atoms with Gasteiger partial charge in [0, 0.05) is 11.6 Å². The summed E-state index contributed by atoms with van der Waals surface area (Å²) in [5, 5.41) is 0.649. The largest absolute Gasteiger partial charge is 0.494 e. The molecule has 1 aliphatic rings. The van der Waals surface area contributed by atoms with E-state index in [1.165, 1.54) is 11.8 Å². The highest BCUT2D eigenvalue weighted by Gasteiger charge is 2.33. The number of thioether (sulfide) groups is 1. The minimum atomic E-state index is -0.141. The summed E-state index contributed by atoms with van der Waals surface area (Å²) < 4.78 is 12.2. The van der Waals surface area contributed by atoms with Gasteiger partial charge in [0.05, 0.1) is 17.2 Å². The smallest absolute Gasteiger partial charge is 0.270 e. The van der Waals surface area contributed by atoms with Gasteiger partial charge in [-0.1, -0.05) is 61.6 Å². The van der Waals surface area contributed by atoms with Crippen molar-refractivity contribution in [3.8, 4) is 17.2 Å². The van der Waals surface area contributed by atoms with Crippen LogP contribution in [0.5, 0.6) is 17.2 Å². The van der Waals surface area contributed by atoms with E-state index in [0.717, 1.165) is 37.4 Å². The van der Waals surface area contributed by atoms with Crippen LogP contribution >= 0.6 is 48.0 Å². The van der Waals surface area contributed by atoms with Gasteiger partial charge < -0.3 is 14.4 Å². The lowest BCUT2D eigenvalue weighted by atomic mass is 10.2. The molecule has 200 valence electrons. The molecule has 1 aliphatic heterocycles. The number of hydrogen-bond donors (Lipinski definition) is 0. The highest BCUT2D eigenvalue weighted by molar-refractivity contribution is 8.27. The molecule has 0 spiro atoms. The summed E-state index contributed by atoms with van der Waals surface area (Å²) >= 11 is 12.7. The molecule has 0 aromatic heterocycles. The molecule has 3 aromatic rings. The van der Waals surface area contributed by atoms with E-state index in [1.807, 2.05) is 54.6 Å². The first kappa shape index (κ1) is 30.0. The Morgan fingerprint density at radius 3 is 2.11 bits per heavy atom. The van der Waals surface area contributed by atoms with Crippen LogP contribution in [0.2, 0.25) is 5.02 Å². The first-order valence-electron chi connectivity index (χ1n) is 12.2. The predicted molar refractivity (Wildman–Crippen MR) is 165 cm³/mol. The number of thiocarbonyl (C=S) groups is 1.